The van der Waals surface area contributed by atoms with Crippen molar-refractivity contribution in [2.75, 3.05) is 0 Å². The summed E-state index contributed by atoms with van der Waals surface area (Å²) in [6.07, 6.45) is 46.2. The van der Waals surface area contributed by atoms with Crippen LogP contribution in [0.3, 0.4) is 0 Å². The normalized spacial score (nSPS) is 18.3. The minimum Gasteiger partial charge on any atom is -0.458 e. The van der Waals surface area contributed by atoms with Gasteiger partial charge in [0.1, 0.15) is 12.2 Å². The van der Waals surface area contributed by atoms with Crippen molar-refractivity contribution < 1.29 is 19.1 Å². The van der Waals surface area contributed by atoms with Gasteiger partial charge < -0.3 is 9.47 Å². The Hall–Kier alpha value is -2.10. The number of allylic oxidation sites excluding steroid dienone is 8. The van der Waals surface area contributed by atoms with Crippen LogP contribution in [-0.2, 0) is 19.1 Å². The van der Waals surface area contributed by atoms with Crippen LogP contribution >= 0.6 is 0 Å². The topological polar surface area (TPSA) is 52.6 Å². The van der Waals surface area contributed by atoms with E-state index in [1.165, 1.54) is 77.0 Å². The molecule has 4 nitrogen and oxygen atoms in total. The lowest BCUT2D eigenvalue weighted by molar-refractivity contribution is -0.193. The van der Waals surface area contributed by atoms with Crippen molar-refractivity contribution in [3.63, 3.8) is 0 Å². The Morgan fingerprint density at radius 3 is 1.33 bits per heavy atom. The van der Waals surface area contributed by atoms with E-state index in [9.17, 15) is 9.59 Å². The fraction of sp³-hybridized carbons (Fsp3) is 0.762. The van der Waals surface area contributed by atoms with Crippen LogP contribution in [0.25, 0.3) is 0 Å². The lowest BCUT2D eigenvalue weighted by Crippen LogP contribution is -2.51. The van der Waals surface area contributed by atoms with Gasteiger partial charge in [-0.25, -0.2) is 0 Å². The Kier molecular flexibility index (Phi) is 28.7. The van der Waals surface area contributed by atoms with Gasteiger partial charge in [-0.05, 0) is 89.9 Å². The van der Waals surface area contributed by atoms with Crippen LogP contribution in [0.4, 0.5) is 0 Å². The highest BCUT2D eigenvalue weighted by Crippen LogP contribution is 2.36. The molecule has 0 spiro atoms. The van der Waals surface area contributed by atoms with Crippen LogP contribution in [0, 0.1) is 5.92 Å². The molecule has 1 rings (SSSR count). The van der Waals surface area contributed by atoms with E-state index in [4.69, 9.17) is 9.47 Å². The van der Waals surface area contributed by atoms with Crippen LogP contribution < -0.4 is 0 Å². The van der Waals surface area contributed by atoms with Crippen molar-refractivity contribution in [1.82, 2.24) is 0 Å². The molecule has 46 heavy (non-hydrogen) atoms. The first-order valence-corrected chi connectivity index (χ1v) is 19.6. The van der Waals surface area contributed by atoms with Gasteiger partial charge in [0.2, 0.25) is 0 Å². The lowest BCUT2D eigenvalue weighted by atomic mass is 9.77. The second-order valence-corrected chi connectivity index (χ2v) is 13.3. The highest BCUT2D eigenvalue weighted by atomic mass is 16.6. The van der Waals surface area contributed by atoms with Crippen molar-refractivity contribution in [3.8, 4) is 0 Å². The van der Waals surface area contributed by atoms with Crippen LogP contribution in [0.15, 0.2) is 48.6 Å². The molecule has 0 aromatic carbocycles. The average Bonchev–Trinajstić information content (AvgIpc) is 3.05. The molecule has 0 aromatic rings. The van der Waals surface area contributed by atoms with E-state index in [0.29, 0.717) is 18.8 Å². The summed E-state index contributed by atoms with van der Waals surface area (Å²) in [4.78, 5) is 25.0. The second-order valence-electron chi connectivity index (χ2n) is 13.3. The first-order chi connectivity index (χ1) is 22.6. The maximum Gasteiger partial charge on any atom is 0.306 e. The van der Waals surface area contributed by atoms with Gasteiger partial charge in [-0.15, -0.1) is 0 Å². The third kappa shape index (κ3) is 24.1. The predicted molar refractivity (Wildman–Crippen MR) is 197 cm³/mol. The molecule has 0 amide bonds. The molecule has 1 aliphatic rings. The summed E-state index contributed by atoms with van der Waals surface area (Å²) in [7, 11) is 0. The van der Waals surface area contributed by atoms with Crippen molar-refractivity contribution in [2.45, 2.75) is 200 Å². The Labute approximate surface area is 284 Å². The van der Waals surface area contributed by atoms with E-state index in [2.05, 4.69) is 69.4 Å². The first kappa shape index (κ1) is 41.9. The molecule has 0 unspecified atom stereocenters. The van der Waals surface area contributed by atoms with Crippen molar-refractivity contribution in [3.05, 3.63) is 48.6 Å². The number of unbranched alkanes of at least 4 members (excludes halogenated alkanes) is 16. The van der Waals surface area contributed by atoms with Crippen LogP contribution in [0.2, 0.25) is 0 Å². The Balaban J connectivity index is 2.03. The minimum absolute atomic E-state index is 0.136. The Morgan fingerprint density at radius 2 is 0.891 bits per heavy atom. The van der Waals surface area contributed by atoms with E-state index in [0.717, 1.165) is 77.0 Å². The summed E-state index contributed by atoms with van der Waals surface area (Å²) in [5, 5.41) is 0. The molecule has 1 saturated carbocycles. The molecule has 0 saturated heterocycles. The second kappa shape index (κ2) is 31.5. The number of hydrogen-bond donors (Lipinski definition) is 0. The van der Waals surface area contributed by atoms with E-state index in [1.807, 2.05) is 0 Å². The molecular weight excluding hydrogens is 568 g/mol. The first-order valence-electron chi connectivity index (χ1n) is 19.6. The maximum absolute atomic E-state index is 12.5. The van der Waals surface area contributed by atoms with E-state index >= 15 is 0 Å². The SMILES string of the molecule is CCCCC/C=C\C/C=C\CCCCCCCC(=O)O[C@@H]1[C@H](CC)C[C@H]1OC(=O)CCCCCCC/C=C\C/C=C\CCCCC. The minimum atomic E-state index is -0.260. The van der Waals surface area contributed by atoms with E-state index in [-0.39, 0.29) is 24.1 Å². The van der Waals surface area contributed by atoms with Crippen molar-refractivity contribution >= 4 is 11.9 Å². The van der Waals surface area contributed by atoms with Crippen molar-refractivity contribution in [2.24, 2.45) is 5.92 Å². The molecule has 0 N–H and O–H groups in total. The zero-order valence-electron chi connectivity index (χ0n) is 30.4. The van der Waals surface area contributed by atoms with Crippen molar-refractivity contribution in [1.29, 1.82) is 0 Å². The molecule has 264 valence electrons. The van der Waals surface area contributed by atoms with Gasteiger partial charge in [0.25, 0.3) is 0 Å². The molecule has 4 heteroatoms. The van der Waals surface area contributed by atoms with Gasteiger partial charge in [-0.1, -0.05) is 134 Å². The molecule has 0 heterocycles. The molecule has 0 aromatic heterocycles. The van der Waals surface area contributed by atoms with E-state index < -0.39 is 0 Å². The fourth-order valence-corrected chi connectivity index (χ4v) is 5.96. The molecule has 1 fully saturated rings. The van der Waals surface area contributed by atoms with Crippen LogP contribution in [0.1, 0.15) is 188 Å². The van der Waals surface area contributed by atoms with Gasteiger partial charge >= 0.3 is 11.9 Å². The summed E-state index contributed by atoms with van der Waals surface area (Å²) in [6, 6.07) is 0. The predicted octanol–water partition coefficient (Wildman–Crippen LogP) is 12.9. The smallest absolute Gasteiger partial charge is 0.306 e. The molecule has 0 radical (unpaired) electrons. The summed E-state index contributed by atoms with van der Waals surface area (Å²) in [5.74, 6) is 0.0332. The molecule has 0 aliphatic heterocycles. The number of carbonyl (C=O) groups is 2. The quantitative estimate of drug-likeness (QED) is 0.0430. The monoisotopic (exact) mass is 641 g/mol. The zero-order chi connectivity index (χ0) is 33.3. The number of carbonyl (C=O) groups excluding carboxylic acids is 2. The lowest BCUT2D eigenvalue weighted by Gasteiger charge is -2.42. The molecule has 1 aliphatic carbocycles. The zero-order valence-corrected chi connectivity index (χ0v) is 30.4. The molecule has 3 atom stereocenters. The largest absolute Gasteiger partial charge is 0.458 e. The van der Waals surface area contributed by atoms with Gasteiger partial charge in [0.05, 0.1) is 0 Å². The average molecular weight is 641 g/mol. The maximum atomic E-state index is 12.5. The number of rotatable bonds is 31. The highest BCUT2D eigenvalue weighted by Gasteiger charge is 2.45. The van der Waals surface area contributed by atoms with Crippen LogP contribution in [-0.4, -0.2) is 24.1 Å². The molecular formula is C42H72O4. The third-order valence-electron chi connectivity index (χ3n) is 9.10. The third-order valence-corrected chi connectivity index (χ3v) is 9.10. The number of esters is 2. The Bertz CT molecular complexity index is 839. The van der Waals surface area contributed by atoms with Gasteiger partial charge in [0.15, 0.2) is 0 Å². The fourth-order valence-electron chi connectivity index (χ4n) is 5.96. The van der Waals surface area contributed by atoms with E-state index in [1.54, 1.807) is 0 Å². The summed E-state index contributed by atoms with van der Waals surface area (Å²) >= 11 is 0. The summed E-state index contributed by atoms with van der Waals surface area (Å²) in [5.41, 5.74) is 0. The van der Waals surface area contributed by atoms with Gasteiger partial charge in [-0.3, -0.25) is 9.59 Å². The van der Waals surface area contributed by atoms with Crippen LogP contribution in [0.5, 0.6) is 0 Å². The highest BCUT2D eigenvalue weighted by molar-refractivity contribution is 5.71. The summed E-state index contributed by atoms with van der Waals surface area (Å²) in [6.45, 7) is 6.61. The summed E-state index contributed by atoms with van der Waals surface area (Å²) < 4.78 is 11.6. The number of hydrogen-bond acceptors (Lipinski definition) is 4. The molecule has 0 bridgehead atoms. The number of ether oxygens (including phenoxy) is 2. The van der Waals surface area contributed by atoms with Gasteiger partial charge in [0, 0.05) is 18.8 Å². The van der Waals surface area contributed by atoms with Gasteiger partial charge in [-0.2, -0.15) is 0 Å². The standard InChI is InChI=1S/C42H72O4/c1-4-7-9-11-13-15-17-19-21-23-25-27-29-31-33-35-40(43)45-39-37-38(6-3)42(39)46-41(44)36-34-32-30-28-26-24-22-20-18-16-14-12-10-8-5-2/h13-16,19-22,38-39,42H,4-12,17-18,23-37H2,1-3H3/b15-13-,16-14-,21-19-,22-20-/t38-,39-,42-/m1/s1. The Morgan fingerprint density at radius 1 is 0.500 bits per heavy atom.